The third-order valence-electron chi connectivity index (χ3n) is 5.78. The fourth-order valence-electron chi connectivity index (χ4n) is 3.82. The van der Waals surface area contributed by atoms with Crippen molar-refractivity contribution in [1.82, 2.24) is 0 Å². The van der Waals surface area contributed by atoms with Crippen LogP contribution < -0.4 is 9.47 Å². The second-order valence-electron chi connectivity index (χ2n) is 8.41. The summed E-state index contributed by atoms with van der Waals surface area (Å²) in [7, 11) is 1.34. The topological polar surface area (TPSA) is 61.8 Å². The van der Waals surface area contributed by atoms with E-state index in [4.69, 9.17) is 14.2 Å². The van der Waals surface area contributed by atoms with Crippen molar-refractivity contribution in [2.45, 2.75) is 13.2 Å². The first-order valence-corrected chi connectivity index (χ1v) is 12.2. The predicted octanol–water partition coefficient (Wildman–Crippen LogP) is 6.91. The van der Waals surface area contributed by atoms with Gasteiger partial charge >= 0.3 is 5.97 Å². The molecule has 0 atom stereocenters. The van der Waals surface area contributed by atoms with Crippen LogP contribution in [0.15, 0.2) is 109 Å². The molecular weight excluding hydrogens is 476 g/mol. The lowest BCUT2D eigenvalue weighted by Gasteiger charge is -2.14. The molecule has 190 valence electrons. The number of benzene rings is 4. The molecule has 0 aliphatic heterocycles. The number of ether oxygens (including phenoxy) is 3. The van der Waals surface area contributed by atoms with Gasteiger partial charge in [0.05, 0.1) is 7.11 Å². The van der Waals surface area contributed by atoms with Gasteiger partial charge in [0.2, 0.25) is 0 Å². The molecule has 5 heteroatoms. The summed E-state index contributed by atoms with van der Waals surface area (Å²) in [6.45, 7) is 0.811. The lowest BCUT2D eigenvalue weighted by molar-refractivity contribution is -0.134. The molecule has 0 N–H and O–H groups in total. The van der Waals surface area contributed by atoms with E-state index in [2.05, 4.69) is 0 Å². The van der Waals surface area contributed by atoms with Crippen LogP contribution in [-0.4, -0.2) is 19.4 Å². The van der Waals surface area contributed by atoms with Crippen LogP contribution in [0.4, 0.5) is 0 Å². The van der Waals surface area contributed by atoms with Gasteiger partial charge in [0.15, 0.2) is 0 Å². The first kappa shape index (κ1) is 26.2. The lowest BCUT2D eigenvalue weighted by Crippen LogP contribution is -1.99. The molecule has 0 aliphatic carbocycles. The number of hydrogen-bond acceptors (Lipinski definition) is 5. The maximum Gasteiger partial charge on any atom is 0.330 e. The highest BCUT2D eigenvalue weighted by Gasteiger charge is 2.10. The minimum absolute atomic E-state index is 0.396. The predicted molar refractivity (Wildman–Crippen MR) is 150 cm³/mol. The van der Waals surface area contributed by atoms with Crippen LogP contribution in [0, 0.1) is 0 Å². The Bertz CT molecular complexity index is 1420. The van der Waals surface area contributed by atoms with Crippen molar-refractivity contribution in [2.24, 2.45) is 0 Å². The maximum atomic E-state index is 11.8. The van der Waals surface area contributed by atoms with Gasteiger partial charge in [-0.3, -0.25) is 4.79 Å². The SMILES string of the molecule is COC(=O)/C=C/c1cc(-c2ccc(OCc3ccccc3)c(/C=C/C=O)c2)ccc1OCc1ccccc1. The maximum absolute atomic E-state index is 11.8. The Labute approximate surface area is 222 Å². The third kappa shape index (κ3) is 7.31. The number of hydrogen-bond donors (Lipinski definition) is 0. The Balaban J connectivity index is 1.63. The highest BCUT2D eigenvalue weighted by atomic mass is 16.5. The van der Waals surface area contributed by atoms with Gasteiger partial charge in [0.25, 0.3) is 0 Å². The zero-order valence-corrected chi connectivity index (χ0v) is 21.1. The minimum Gasteiger partial charge on any atom is -0.488 e. The first-order valence-electron chi connectivity index (χ1n) is 12.2. The van der Waals surface area contributed by atoms with E-state index in [1.54, 1.807) is 12.2 Å². The fraction of sp³-hybridized carbons (Fsp3) is 0.0909. The molecule has 0 fully saturated rings. The van der Waals surface area contributed by atoms with E-state index in [1.165, 1.54) is 19.3 Å². The van der Waals surface area contributed by atoms with E-state index < -0.39 is 5.97 Å². The molecule has 0 unspecified atom stereocenters. The average Bonchev–Trinajstić information content (AvgIpc) is 2.98. The Morgan fingerprint density at radius 1 is 0.684 bits per heavy atom. The number of rotatable bonds is 11. The van der Waals surface area contributed by atoms with Gasteiger partial charge in [-0.25, -0.2) is 4.79 Å². The number of carbonyl (C=O) groups excluding carboxylic acids is 2. The molecule has 0 heterocycles. The van der Waals surface area contributed by atoms with Crippen molar-refractivity contribution < 1.29 is 23.8 Å². The van der Waals surface area contributed by atoms with Gasteiger partial charge in [-0.05, 0) is 64.7 Å². The molecule has 0 spiro atoms. The molecule has 4 rings (SSSR count). The zero-order chi connectivity index (χ0) is 26.6. The highest BCUT2D eigenvalue weighted by molar-refractivity contribution is 5.88. The van der Waals surface area contributed by atoms with E-state index in [1.807, 2.05) is 97.1 Å². The Morgan fingerprint density at radius 2 is 1.18 bits per heavy atom. The molecule has 0 aliphatic rings. The summed E-state index contributed by atoms with van der Waals surface area (Å²) in [4.78, 5) is 22.8. The van der Waals surface area contributed by atoms with Gasteiger partial charge in [-0.1, -0.05) is 72.8 Å². The normalized spacial score (nSPS) is 11.0. The first-order chi connectivity index (χ1) is 18.7. The molecule has 4 aromatic carbocycles. The third-order valence-corrected chi connectivity index (χ3v) is 5.78. The van der Waals surface area contributed by atoms with Gasteiger partial charge in [0.1, 0.15) is 31.0 Å². The number of allylic oxidation sites excluding steroid dienone is 1. The van der Waals surface area contributed by atoms with Crippen LogP contribution in [0.3, 0.4) is 0 Å². The van der Waals surface area contributed by atoms with E-state index in [0.29, 0.717) is 24.7 Å². The second-order valence-corrected chi connectivity index (χ2v) is 8.41. The molecule has 4 aromatic rings. The number of methoxy groups -OCH3 is 1. The molecule has 0 bridgehead atoms. The van der Waals surface area contributed by atoms with Crippen molar-refractivity contribution in [1.29, 1.82) is 0 Å². The highest BCUT2D eigenvalue weighted by Crippen LogP contribution is 2.32. The molecule has 0 amide bonds. The quantitative estimate of drug-likeness (QED) is 0.126. The molecule has 0 saturated carbocycles. The van der Waals surface area contributed by atoms with Crippen LogP contribution >= 0.6 is 0 Å². The molecule has 38 heavy (non-hydrogen) atoms. The molecule has 5 nitrogen and oxygen atoms in total. The van der Waals surface area contributed by atoms with E-state index in [9.17, 15) is 9.59 Å². The van der Waals surface area contributed by atoms with Crippen LogP contribution in [0.25, 0.3) is 23.3 Å². The Hall–Kier alpha value is -4.90. The van der Waals surface area contributed by atoms with Crippen molar-refractivity contribution in [3.8, 4) is 22.6 Å². The summed E-state index contributed by atoms with van der Waals surface area (Å²) in [5.74, 6) is 0.858. The Kier molecular flexibility index (Phi) is 9.24. The van der Waals surface area contributed by atoms with Gasteiger partial charge in [-0.2, -0.15) is 0 Å². The van der Waals surface area contributed by atoms with Gasteiger partial charge < -0.3 is 14.2 Å². The van der Waals surface area contributed by atoms with E-state index in [0.717, 1.165) is 39.7 Å². The fourth-order valence-corrected chi connectivity index (χ4v) is 3.82. The van der Waals surface area contributed by atoms with Crippen molar-refractivity contribution in [3.63, 3.8) is 0 Å². The average molecular weight is 505 g/mol. The van der Waals surface area contributed by atoms with Crippen LogP contribution in [0.1, 0.15) is 22.3 Å². The lowest BCUT2D eigenvalue weighted by atomic mass is 9.99. The summed E-state index contributed by atoms with van der Waals surface area (Å²) in [5.41, 5.74) is 5.44. The van der Waals surface area contributed by atoms with Gasteiger partial charge in [0, 0.05) is 17.2 Å². The largest absolute Gasteiger partial charge is 0.488 e. The number of aldehydes is 1. The molecule has 0 radical (unpaired) electrons. The molecule has 0 aromatic heterocycles. The van der Waals surface area contributed by atoms with Crippen LogP contribution in [-0.2, 0) is 27.5 Å². The summed E-state index contributed by atoms with van der Waals surface area (Å²) in [5, 5.41) is 0. The number of carbonyl (C=O) groups is 2. The minimum atomic E-state index is -0.453. The summed E-state index contributed by atoms with van der Waals surface area (Å²) < 4.78 is 16.9. The summed E-state index contributed by atoms with van der Waals surface area (Å²) in [6.07, 6.45) is 6.96. The number of esters is 1. The molecular formula is C33H28O5. The van der Waals surface area contributed by atoms with Crippen molar-refractivity contribution in [3.05, 3.63) is 131 Å². The zero-order valence-electron chi connectivity index (χ0n) is 21.1. The molecule has 0 saturated heterocycles. The van der Waals surface area contributed by atoms with E-state index >= 15 is 0 Å². The second kappa shape index (κ2) is 13.4. The standard InChI is InChI=1S/C33H28O5/c1-36-33(35)19-16-30-22-28(15-18-32(30)38-24-26-11-6-3-7-12-26)27-14-17-31(29(21-27)13-8-20-34)37-23-25-9-4-2-5-10-25/h2-22H,23-24H2,1H3/b13-8+,19-16+. The summed E-state index contributed by atoms with van der Waals surface area (Å²) in [6, 6.07) is 31.4. The van der Waals surface area contributed by atoms with Crippen LogP contribution in [0.2, 0.25) is 0 Å². The van der Waals surface area contributed by atoms with Crippen molar-refractivity contribution >= 4 is 24.4 Å². The van der Waals surface area contributed by atoms with Gasteiger partial charge in [-0.15, -0.1) is 0 Å². The summed E-state index contributed by atoms with van der Waals surface area (Å²) >= 11 is 0. The Morgan fingerprint density at radius 3 is 1.66 bits per heavy atom. The smallest absolute Gasteiger partial charge is 0.330 e. The van der Waals surface area contributed by atoms with E-state index in [-0.39, 0.29) is 0 Å². The monoisotopic (exact) mass is 504 g/mol. The van der Waals surface area contributed by atoms with Crippen molar-refractivity contribution in [2.75, 3.05) is 7.11 Å². The van der Waals surface area contributed by atoms with Crippen LogP contribution in [0.5, 0.6) is 11.5 Å².